The molecule has 1 aliphatic rings. The summed E-state index contributed by atoms with van der Waals surface area (Å²) in [6.45, 7) is 1.69. The lowest BCUT2D eigenvalue weighted by Gasteiger charge is -2.34. The number of nitrogens with zero attached hydrogens (tertiary/aromatic N) is 1. The molecule has 13 heavy (non-hydrogen) atoms. The Hall–Kier alpha value is -0.940. The number of carbonyl (C=O) groups excluding carboxylic acids is 2. The van der Waals surface area contributed by atoms with Gasteiger partial charge in [-0.1, -0.05) is 0 Å². The number of amides is 1. The first kappa shape index (κ1) is 10.1. The third-order valence-corrected chi connectivity index (χ3v) is 2.29. The molecule has 0 radical (unpaired) electrons. The Morgan fingerprint density at radius 1 is 1.77 bits per heavy atom. The lowest BCUT2D eigenvalue weighted by molar-refractivity contribution is -0.136. The van der Waals surface area contributed by atoms with Gasteiger partial charge in [0.25, 0.3) is 0 Å². The lowest BCUT2D eigenvalue weighted by atomic mass is 10.1. The van der Waals surface area contributed by atoms with E-state index >= 15 is 0 Å². The number of Topliss-reactive ketones (excluding diaryl/α,β-unsaturated/α-hetero) is 1. The van der Waals surface area contributed by atoms with Gasteiger partial charge in [-0.05, 0) is 14.0 Å². The van der Waals surface area contributed by atoms with Crippen LogP contribution in [0.3, 0.4) is 0 Å². The molecular formula is C8H14N2O3. The summed E-state index contributed by atoms with van der Waals surface area (Å²) in [5, 5.41) is 11.4. The van der Waals surface area contributed by atoms with Gasteiger partial charge >= 0.3 is 0 Å². The van der Waals surface area contributed by atoms with Gasteiger partial charge < -0.3 is 10.4 Å². The quantitative estimate of drug-likeness (QED) is 0.543. The Labute approximate surface area is 76.7 Å². The van der Waals surface area contributed by atoms with Gasteiger partial charge in [0.2, 0.25) is 5.91 Å². The van der Waals surface area contributed by atoms with E-state index in [9.17, 15) is 9.59 Å². The molecule has 0 aromatic carbocycles. The average molecular weight is 186 g/mol. The normalized spacial score (nSPS) is 29.9. The second-order valence-electron chi connectivity index (χ2n) is 3.31. The number of ketones is 1. The fourth-order valence-electron chi connectivity index (χ4n) is 1.38. The Morgan fingerprint density at radius 3 is 2.77 bits per heavy atom. The number of aliphatic hydroxyl groups is 1. The average Bonchev–Trinajstić information content (AvgIpc) is 2.03. The van der Waals surface area contributed by atoms with Crippen molar-refractivity contribution in [3.8, 4) is 0 Å². The molecule has 0 bridgehead atoms. The standard InChI is InChI=1S/C8H14N2O3/c1-5(12)6-3-10(2)7(4-11)8(13)9-6/h6-7,11H,3-4H2,1-2H3,(H,9,13)/t6?,7-/m0/s1. The van der Waals surface area contributed by atoms with Crippen LogP contribution in [0.4, 0.5) is 0 Å². The molecule has 1 amide bonds. The smallest absolute Gasteiger partial charge is 0.240 e. The van der Waals surface area contributed by atoms with Crippen LogP contribution in [0.5, 0.6) is 0 Å². The summed E-state index contributed by atoms with van der Waals surface area (Å²) in [4.78, 5) is 24.0. The van der Waals surface area contributed by atoms with E-state index in [1.807, 2.05) is 0 Å². The van der Waals surface area contributed by atoms with Crippen molar-refractivity contribution in [1.29, 1.82) is 0 Å². The van der Waals surface area contributed by atoms with E-state index in [2.05, 4.69) is 5.32 Å². The van der Waals surface area contributed by atoms with Crippen molar-refractivity contribution < 1.29 is 14.7 Å². The molecule has 1 fully saturated rings. The topological polar surface area (TPSA) is 69.6 Å². The molecule has 2 N–H and O–H groups in total. The maximum atomic E-state index is 11.3. The van der Waals surface area contributed by atoms with Crippen LogP contribution in [0.25, 0.3) is 0 Å². The molecule has 1 saturated heterocycles. The number of likely N-dealkylation sites (N-methyl/N-ethyl adjacent to an activating group) is 1. The minimum Gasteiger partial charge on any atom is -0.394 e. The van der Waals surface area contributed by atoms with Gasteiger partial charge in [0.1, 0.15) is 6.04 Å². The minimum absolute atomic E-state index is 0.0587. The van der Waals surface area contributed by atoms with E-state index in [0.717, 1.165) is 0 Å². The molecular weight excluding hydrogens is 172 g/mol. The predicted octanol–water partition coefficient (Wildman–Crippen LogP) is -1.63. The zero-order valence-corrected chi connectivity index (χ0v) is 7.78. The van der Waals surface area contributed by atoms with Gasteiger partial charge in [-0.3, -0.25) is 14.5 Å². The summed E-state index contributed by atoms with van der Waals surface area (Å²) in [5.41, 5.74) is 0. The molecule has 2 atom stereocenters. The maximum Gasteiger partial charge on any atom is 0.240 e. The molecule has 0 aliphatic carbocycles. The lowest BCUT2D eigenvalue weighted by Crippen LogP contribution is -2.61. The largest absolute Gasteiger partial charge is 0.394 e. The first-order valence-electron chi connectivity index (χ1n) is 4.18. The van der Waals surface area contributed by atoms with Crippen molar-refractivity contribution in [2.24, 2.45) is 0 Å². The molecule has 1 unspecified atom stereocenters. The Balaban J connectivity index is 2.67. The third kappa shape index (κ3) is 2.05. The van der Waals surface area contributed by atoms with E-state index < -0.39 is 12.1 Å². The van der Waals surface area contributed by atoms with Crippen LogP contribution in [-0.4, -0.2) is 54.0 Å². The number of hydrogen-bond donors (Lipinski definition) is 2. The molecule has 1 heterocycles. The van der Waals surface area contributed by atoms with Crippen LogP contribution in [0.15, 0.2) is 0 Å². The van der Waals surface area contributed by atoms with Gasteiger partial charge in [-0.15, -0.1) is 0 Å². The van der Waals surface area contributed by atoms with E-state index in [4.69, 9.17) is 5.11 Å². The number of rotatable bonds is 2. The predicted molar refractivity (Wildman–Crippen MR) is 46.1 cm³/mol. The van der Waals surface area contributed by atoms with Crippen molar-refractivity contribution in [3.05, 3.63) is 0 Å². The summed E-state index contributed by atoms with van der Waals surface area (Å²) in [5.74, 6) is -0.340. The zero-order chi connectivity index (χ0) is 10.0. The van der Waals surface area contributed by atoms with Crippen molar-refractivity contribution >= 4 is 11.7 Å². The highest BCUT2D eigenvalue weighted by Gasteiger charge is 2.33. The van der Waals surface area contributed by atoms with Gasteiger partial charge in [0.05, 0.1) is 12.6 Å². The molecule has 74 valence electrons. The summed E-state index contributed by atoms with van der Waals surface area (Å²) in [7, 11) is 1.72. The summed E-state index contributed by atoms with van der Waals surface area (Å²) in [6, 6.07) is -0.948. The van der Waals surface area contributed by atoms with Crippen LogP contribution in [0.1, 0.15) is 6.92 Å². The van der Waals surface area contributed by atoms with Crippen molar-refractivity contribution in [2.75, 3.05) is 20.2 Å². The molecule has 5 nitrogen and oxygen atoms in total. The van der Waals surface area contributed by atoms with Crippen molar-refractivity contribution in [2.45, 2.75) is 19.0 Å². The molecule has 1 rings (SSSR count). The van der Waals surface area contributed by atoms with Gasteiger partial charge in [-0.2, -0.15) is 0 Å². The summed E-state index contributed by atoms with van der Waals surface area (Å²) in [6.07, 6.45) is 0. The van der Waals surface area contributed by atoms with Crippen LogP contribution in [0, 0.1) is 0 Å². The minimum atomic E-state index is -0.518. The first-order chi connectivity index (χ1) is 6.06. The molecule has 1 aliphatic heterocycles. The number of carbonyl (C=O) groups is 2. The highest BCUT2D eigenvalue weighted by atomic mass is 16.3. The second-order valence-corrected chi connectivity index (χ2v) is 3.31. The summed E-state index contributed by atoms with van der Waals surface area (Å²) < 4.78 is 0. The number of hydrogen-bond acceptors (Lipinski definition) is 4. The summed E-state index contributed by atoms with van der Waals surface area (Å²) >= 11 is 0. The van der Waals surface area contributed by atoms with Crippen LogP contribution >= 0.6 is 0 Å². The second kappa shape index (κ2) is 3.85. The van der Waals surface area contributed by atoms with Crippen molar-refractivity contribution in [1.82, 2.24) is 10.2 Å². The molecule has 0 aromatic heterocycles. The van der Waals surface area contributed by atoms with Crippen LogP contribution < -0.4 is 5.32 Å². The number of nitrogens with one attached hydrogen (secondary N) is 1. The Kier molecular flexibility index (Phi) is 3.00. The van der Waals surface area contributed by atoms with E-state index in [0.29, 0.717) is 6.54 Å². The van der Waals surface area contributed by atoms with E-state index in [1.54, 1.807) is 11.9 Å². The Morgan fingerprint density at radius 2 is 2.38 bits per heavy atom. The maximum absolute atomic E-state index is 11.3. The van der Waals surface area contributed by atoms with Gasteiger partial charge in [0, 0.05) is 6.54 Å². The Bertz CT molecular complexity index is 229. The fraction of sp³-hybridized carbons (Fsp3) is 0.750. The van der Waals surface area contributed by atoms with E-state index in [-0.39, 0.29) is 18.3 Å². The molecule has 5 heteroatoms. The zero-order valence-electron chi connectivity index (χ0n) is 7.78. The van der Waals surface area contributed by atoms with Crippen molar-refractivity contribution in [3.63, 3.8) is 0 Å². The molecule has 0 saturated carbocycles. The van der Waals surface area contributed by atoms with Gasteiger partial charge in [0.15, 0.2) is 5.78 Å². The molecule has 0 aromatic rings. The monoisotopic (exact) mass is 186 g/mol. The first-order valence-corrected chi connectivity index (χ1v) is 4.18. The highest BCUT2D eigenvalue weighted by Crippen LogP contribution is 2.05. The molecule has 0 spiro atoms. The number of aliphatic hydroxyl groups excluding tert-OH is 1. The fourth-order valence-corrected chi connectivity index (χ4v) is 1.38. The van der Waals surface area contributed by atoms with Crippen LogP contribution in [-0.2, 0) is 9.59 Å². The van der Waals surface area contributed by atoms with Gasteiger partial charge in [-0.25, -0.2) is 0 Å². The van der Waals surface area contributed by atoms with Crippen LogP contribution in [0.2, 0.25) is 0 Å². The highest BCUT2D eigenvalue weighted by molar-refractivity contribution is 5.91. The third-order valence-electron chi connectivity index (χ3n) is 2.29. The SMILES string of the molecule is CC(=O)C1CN(C)[C@@H](CO)C(=O)N1. The number of piperazine rings is 1. The van der Waals surface area contributed by atoms with E-state index in [1.165, 1.54) is 6.92 Å².